The van der Waals surface area contributed by atoms with Crippen LogP contribution in [0.5, 0.6) is 0 Å². The number of hydrogen-bond donors (Lipinski definition) is 1. The maximum atomic E-state index is 10.0. The molecule has 6 rings (SSSR count). The van der Waals surface area contributed by atoms with Crippen LogP contribution in [0.2, 0.25) is 0 Å². The Morgan fingerprint density at radius 3 is 2.31 bits per heavy atom. The van der Waals surface area contributed by atoms with E-state index in [4.69, 9.17) is 10.1 Å². The van der Waals surface area contributed by atoms with Gasteiger partial charge in [-0.1, -0.05) is 53.9 Å². The van der Waals surface area contributed by atoms with Gasteiger partial charge in [-0.2, -0.15) is 11.3 Å². The second-order valence-electron chi connectivity index (χ2n) is 8.22. The topological polar surface area (TPSA) is 55.1 Å². The minimum atomic E-state index is -0.125. The van der Waals surface area contributed by atoms with Crippen molar-refractivity contribution in [2.24, 2.45) is 0 Å². The molecule has 36 heavy (non-hydrogen) atoms. The van der Waals surface area contributed by atoms with Gasteiger partial charge in [-0.05, 0) is 55.1 Å². The summed E-state index contributed by atoms with van der Waals surface area (Å²) >= 11 is 1.72. The molecule has 4 nitrogen and oxygen atoms in total. The maximum absolute atomic E-state index is 10.0. The molecule has 4 aromatic carbocycles. The number of allylic oxidation sites excluding steroid dienone is 2. The first-order chi connectivity index (χ1) is 17.0. The number of fused-ring (bicyclic) bond motifs is 4. The van der Waals surface area contributed by atoms with Crippen LogP contribution in [0.25, 0.3) is 48.3 Å². The predicted octanol–water partition coefficient (Wildman–Crippen LogP) is 7.90. The van der Waals surface area contributed by atoms with E-state index in [1.807, 2.05) is 6.07 Å². The van der Waals surface area contributed by atoms with Gasteiger partial charge < -0.3 is 9.67 Å². The van der Waals surface area contributed by atoms with Crippen molar-refractivity contribution < 1.29 is 30.0 Å². The molecule has 0 atom stereocenters. The number of nitrogens with zero attached hydrogens (tertiary/aromatic N) is 2. The zero-order valence-corrected chi connectivity index (χ0v) is 22.9. The molecule has 181 valence electrons. The fourth-order valence-electron chi connectivity index (χ4n) is 4.17. The number of ketones is 1. The zero-order chi connectivity index (χ0) is 24.4. The number of para-hydroxylation sites is 3. The van der Waals surface area contributed by atoms with Crippen LogP contribution in [0.1, 0.15) is 13.8 Å². The second-order valence-corrected chi connectivity index (χ2v) is 9.25. The fraction of sp³-hybridized carbons (Fsp3) is 0.0667. The van der Waals surface area contributed by atoms with Gasteiger partial charge >= 0.3 is 0 Å². The predicted molar refractivity (Wildman–Crippen MR) is 145 cm³/mol. The van der Waals surface area contributed by atoms with Gasteiger partial charge in [-0.25, -0.2) is 0 Å². The summed E-state index contributed by atoms with van der Waals surface area (Å²) in [6.07, 6.45) is 1.17. The molecule has 0 fully saturated rings. The molecule has 0 amide bonds. The van der Waals surface area contributed by atoms with Gasteiger partial charge in [0.1, 0.15) is 0 Å². The number of carbonyl (C=O) groups is 1. The Labute approximate surface area is 226 Å². The largest absolute Gasteiger partial charge is 0.512 e. The summed E-state index contributed by atoms with van der Waals surface area (Å²) in [6, 6.07) is 35.2. The Hall–Kier alpha value is -3.57. The van der Waals surface area contributed by atoms with Crippen molar-refractivity contribution in [3.8, 4) is 16.3 Å². The van der Waals surface area contributed by atoms with E-state index >= 15 is 0 Å². The van der Waals surface area contributed by atoms with Crippen molar-refractivity contribution in [2.45, 2.75) is 13.8 Å². The van der Waals surface area contributed by atoms with Crippen LogP contribution in [-0.2, 0) is 24.9 Å². The van der Waals surface area contributed by atoms with E-state index in [0.29, 0.717) is 0 Å². The number of hydrogen-bond acceptors (Lipinski definition) is 4. The molecule has 0 aliphatic heterocycles. The van der Waals surface area contributed by atoms with Crippen LogP contribution in [-0.4, -0.2) is 20.4 Å². The fourth-order valence-corrected chi connectivity index (χ4v) is 5.12. The molecule has 0 spiro atoms. The number of aliphatic hydroxyl groups is 1. The smallest absolute Gasteiger partial charge is 0.155 e. The van der Waals surface area contributed by atoms with Crippen LogP contribution < -0.4 is 0 Å². The van der Waals surface area contributed by atoms with Crippen molar-refractivity contribution in [2.75, 3.05) is 0 Å². The van der Waals surface area contributed by atoms with Crippen molar-refractivity contribution in [3.05, 3.63) is 109 Å². The minimum Gasteiger partial charge on any atom is -0.512 e. The molecule has 0 saturated heterocycles. The third-order valence-corrected chi connectivity index (χ3v) is 6.63. The summed E-state index contributed by atoms with van der Waals surface area (Å²) in [4.78, 5) is 14.8. The first-order valence-corrected chi connectivity index (χ1v) is 12.1. The Balaban J connectivity index is 0.000000338. The normalized spacial score (nSPS) is 11.2. The SMILES string of the molecule is CC(=O)/C=C(/C)O.[Ir].[c-]1cc2c(cc1-c1nc3ccccc3s1)c1ccccc1n2-c1ccccc1. The Morgan fingerprint density at radius 2 is 1.61 bits per heavy atom. The Bertz CT molecular complexity index is 1660. The quantitative estimate of drug-likeness (QED) is 0.119. The number of thiazole rings is 1. The number of benzene rings is 4. The molecular weight excluding hydrogens is 645 g/mol. The van der Waals surface area contributed by atoms with Crippen LogP contribution in [0, 0.1) is 6.07 Å². The van der Waals surface area contributed by atoms with Gasteiger partial charge in [0.05, 0.1) is 11.3 Å². The molecule has 0 aliphatic carbocycles. The minimum absolute atomic E-state index is 0. The summed E-state index contributed by atoms with van der Waals surface area (Å²) in [6.45, 7) is 2.85. The summed E-state index contributed by atoms with van der Waals surface area (Å²) in [7, 11) is 0. The second kappa shape index (κ2) is 11.0. The first-order valence-electron chi connectivity index (χ1n) is 11.3. The average Bonchev–Trinajstić information content (AvgIpc) is 3.43. The van der Waals surface area contributed by atoms with Crippen LogP contribution >= 0.6 is 11.3 Å². The van der Waals surface area contributed by atoms with E-state index in [9.17, 15) is 4.79 Å². The van der Waals surface area contributed by atoms with E-state index < -0.39 is 0 Å². The summed E-state index contributed by atoms with van der Waals surface area (Å²) in [5.41, 5.74) is 5.62. The monoisotopic (exact) mass is 668 g/mol. The first kappa shape index (κ1) is 25.5. The third-order valence-electron chi connectivity index (χ3n) is 5.56. The standard InChI is InChI=1S/C25H15N2S.C5H8O2.Ir/c1-2-8-18(9-3-1)27-22-12-6-4-10-19(22)20-16-17(14-15-23(20)27)25-26-21-11-5-7-13-24(21)28-25;1-4(6)3-5(2)7;/h1-13,15-16H;3,6H,1-2H3;/q-1;;/b;4-3-;. The molecule has 0 aliphatic rings. The van der Waals surface area contributed by atoms with Crippen LogP contribution in [0.15, 0.2) is 103 Å². The van der Waals surface area contributed by atoms with Gasteiger partial charge in [0, 0.05) is 47.1 Å². The Morgan fingerprint density at radius 1 is 0.917 bits per heavy atom. The molecule has 0 bridgehead atoms. The molecule has 6 heteroatoms. The molecule has 2 heterocycles. The number of aromatic nitrogens is 2. The van der Waals surface area contributed by atoms with Gasteiger partial charge in [0.25, 0.3) is 0 Å². The van der Waals surface area contributed by atoms with Crippen molar-refractivity contribution >= 4 is 49.1 Å². The van der Waals surface area contributed by atoms with E-state index in [2.05, 4.69) is 95.6 Å². The van der Waals surface area contributed by atoms with E-state index in [0.717, 1.165) is 27.3 Å². The van der Waals surface area contributed by atoms with Gasteiger partial charge in [-0.15, -0.1) is 23.8 Å². The third kappa shape index (κ3) is 5.17. The van der Waals surface area contributed by atoms with Crippen molar-refractivity contribution in [1.82, 2.24) is 9.55 Å². The summed E-state index contributed by atoms with van der Waals surface area (Å²) < 4.78 is 3.52. The van der Waals surface area contributed by atoms with Crippen LogP contribution in [0.4, 0.5) is 0 Å². The average molecular weight is 668 g/mol. The molecular formula is C30H23IrN2O2S-. The summed E-state index contributed by atoms with van der Waals surface area (Å²) in [5.74, 6) is -0.0625. The van der Waals surface area contributed by atoms with E-state index in [1.165, 1.54) is 40.9 Å². The maximum Gasteiger partial charge on any atom is 0.155 e. The molecule has 6 aromatic rings. The molecule has 0 saturated carbocycles. The molecule has 1 radical (unpaired) electrons. The Kier molecular flexibility index (Phi) is 7.80. The van der Waals surface area contributed by atoms with Gasteiger partial charge in [0.15, 0.2) is 5.78 Å². The van der Waals surface area contributed by atoms with E-state index in [1.54, 1.807) is 11.3 Å². The molecule has 1 N–H and O–H groups in total. The number of aliphatic hydroxyl groups excluding tert-OH is 1. The van der Waals surface area contributed by atoms with Gasteiger partial charge in [0.2, 0.25) is 0 Å². The van der Waals surface area contributed by atoms with Gasteiger partial charge in [-0.3, -0.25) is 9.78 Å². The molecule has 0 unspecified atom stereocenters. The van der Waals surface area contributed by atoms with Crippen molar-refractivity contribution in [1.29, 1.82) is 0 Å². The number of carbonyl (C=O) groups excluding carboxylic acids is 1. The zero-order valence-electron chi connectivity index (χ0n) is 19.7. The summed E-state index contributed by atoms with van der Waals surface area (Å²) in [5, 5.41) is 11.9. The number of rotatable bonds is 3. The van der Waals surface area contributed by atoms with E-state index in [-0.39, 0.29) is 31.6 Å². The molecule has 2 aromatic heterocycles. The van der Waals surface area contributed by atoms with Crippen molar-refractivity contribution in [3.63, 3.8) is 0 Å². The van der Waals surface area contributed by atoms with Crippen LogP contribution in [0.3, 0.4) is 0 Å².